The van der Waals surface area contributed by atoms with E-state index < -0.39 is 0 Å². The van der Waals surface area contributed by atoms with Gasteiger partial charge in [-0.2, -0.15) is 0 Å². The molecule has 0 atom stereocenters. The van der Waals surface area contributed by atoms with Crippen LogP contribution in [-0.2, 0) is 9.59 Å². The Morgan fingerprint density at radius 3 is 2.60 bits per heavy atom. The molecular weight excluding hydrogens is 406 g/mol. The maximum absolute atomic E-state index is 12.0. The van der Waals surface area contributed by atoms with E-state index >= 15 is 0 Å². The van der Waals surface area contributed by atoms with Crippen molar-refractivity contribution in [3.8, 4) is 0 Å². The number of aryl methyl sites for hydroxylation is 1. The molecule has 5 nitrogen and oxygen atoms in total. The SMILES string of the molecule is Cc1ccc(Br)cc1NC(=O)CCNC(=O)CNc1ccccc1Cl. The van der Waals surface area contributed by atoms with E-state index in [1.54, 1.807) is 12.1 Å². The molecule has 2 rings (SSSR count). The van der Waals surface area contributed by atoms with Crippen LogP contribution in [-0.4, -0.2) is 24.9 Å². The van der Waals surface area contributed by atoms with Crippen LogP contribution in [0.3, 0.4) is 0 Å². The molecule has 0 aromatic heterocycles. The Kier molecular flexibility index (Phi) is 7.28. The van der Waals surface area contributed by atoms with Gasteiger partial charge in [0.15, 0.2) is 0 Å². The Hall–Kier alpha value is -2.05. The van der Waals surface area contributed by atoms with E-state index in [0.29, 0.717) is 10.7 Å². The van der Waals surface area contributed by atoms with Crippen molar-refractivity contribution in [1.29, 1.82) is 0 Å². The van der Waals surface area contributed by atoms with Crippen molar-refractivity contribution >= 4 is 50.7 Å². The van der Waals surface area contributed by atoms with Crippen LogP contribution in [0.1, 0.15) is 12.0 Å². The zero-order valence-electron chi connectivity index (χ0n) is 13.7. The van der Waals surface area contributed by atoms with E-state index in [1.807, 2.05) is 37.3 Å². The predicted octanol–water partition coefficient (Wildman–Crippen LogP) is 3.97. The van der Waals surface area contributed by atoms with Crippen LogP contribution in [0, 0.1) is 6.92 Å². The van der Waals surface area contributed by atoms with E-state index in [1.165, 1.54) is 0 Å². The Labute approximate surface area is 160 Å². The monoisotopic (exact) mass is 423 g/mol. The van der Waals surface area contributed by atoms with Gasteiger partial charge in [-0.3, -0.25) is 9.59 Å². The molecule has 0 aliphatic rings. The number of amides is 2. The van der Waals surface area contributed by atoms with Crippen molar-refractivity contribution in [2.45, 2.75) is 13.3 Å². The second-order valence-electron chi connectivity index (χ2n) is 5.44. The average Bonchev–Trinajstić information content (AvgIpc) is 2.57. The average molecular weight is 425 g/mol. The highest BCUT2D eigenvalue weighted by atomic mass is 79.9. The summed E-state index contributed by atoms with van der Waals surface area (Å²) in [6.07, 6.45) is 0.198. The molecule has 0 saturated carbocycles. The molecule has 2 aromatic rings. The minimum atomic E-state index is -0.202. The minimum Gasteiger partial charge on any atom is -0.375 e. The standard InChI is InChI=1S/C18H19BrClN3O2/c1-12-6-7-13(19)10-16(12)23-17(24)8-9-21-18(25)11-22-15-5-3-2-4-14(15)20/h2-7,10,22H,8-9,11H2,1H3,(H,21,25)(H,23,24). The molecular formula is C18H19BrClN3O2. The van der Waals surface area contributed by atoms with Crippen molar-refractivity contribution in [3.05, 3.63) is 57.5 Å². The highest BCUT2D eigenvalue weighted by Crippen LogP contribution is 2.21. The van der Waals surface area contributed by atoms with Crippen molar-refractivity contribution in [3.63, 3.8) is 0 Å². The number of nitrogens with one attached hydrogen (secondary N) is 3. The third-order valence-corrected chi connectivity index (χ3v) is 4.28. The lowest BCUT2D eigenvalue weighted by Crippen LogP contribution is -2.32. The molecule has 25 heavy (non-hydrogen) atoms. The van der Waals surface area contributed by atoms with E-state index in [2.05, 4.69) is 31.9 Å². The molecule has 0 unspecified atom stereocenters. The van der Waals surface area contributed by atoms with Gasteiger partial charge in [0.2, 0.25) is 11.8 Å². The highest BCUT2D eigenvalue weighted by molar-refractivity contribution is 9.10. The van der Waals surface area contributed by atoms with Crippen LogP contribution in [0.15, 0.2) is 46.9 Å². The van der Waals surface area contributed by atoms with Crippen molar-refractivity contribution in [1.82, 2.24) is 5.32 Å². The number of carbonyl (C=O) groups is 2. The number of halogens is 2. The Morgan fingerprint density at radius 2 is 1.84 bits per heavy atom. The summed E-state index contributed by atoms with van der Waals surface area (Å²) in [7, 11) is 0. The first kappa shape index (κ1) is 19.3. The van der Waals surface area contributed by atoms with Crippen LogP contribution in [0.25, 0.3) is 0 Å². The molecule has 0 bridgehead atoms. The number of rotatable bonds is 7. The number of benzene rings is 2. The van der Waals surface area contributed by atoms with Crippen LogP contribution in [0.5, 0.6) is 0 Å². The quantitative estimate of drug-likeness (QED) is 0.630. The van der Waals surface area contributed by atoms with Gasteiger partial charge in [0.25, 0.3) is 0 Å². The van der Waals surface area contributed by atoms with Gasteiger partial charge in [0.05, 0.1) is 17.3 Å². The van der Waals surface area contributed by atoms with Gasteiger partial charge >= 0.3 is 0 Å². The molecule has 0 heterocycles. The van der Waals surface area contributed by atoms with Gasteiger partial charge in [-0.1, -0.05) is 45.7 Å². The fraction of sp³-hybridized carbons (Fsp3) is 0.222. The third-order valence-electron chi connectivity index (χ3n) is 3.46. The maximum Gasteiger partial charge on any atom is 0.239 e. The summed E-state index contributed by atoms with van der Waals surface area (Å²) < 4.78 is 0.896. The molecule has 132 valence electrons. The lowest BCUT2D eigenvalue weighted by Gasteiger charge is -2.10. The van der Waals surface area contributed by atoms with Gasteiger partial charge in [-0.15, -0.1) is 0 Å². The third kappa shape index (κ3) is 6.40. The predicted molar refractivity (Wildman–Crippen MR) is 105 cm³/mol. The van der Waals surface area contributed by atoms with Gasteiger partial charge in [-0.25, -0.2) is 0 Å². The molecule has 0 radical (unpaired) electrons. The van der Waals surface area contributed by atoms with Crippen molar-refractivity contribution in [2.24, 2.45) is 0 Å². The molecule has 0 spiro atoms. The Morgan fingerprint density at radius 1 is 1.08 bits per heavy atom. The van der Waals surface area contributed by atoms with Crippen LogP contribution in [0.2, 0.25) is 5.02 Å². The van der Waals surface area contributed by atoms with E-state index in [-0.39, 0.29) is 31.3 Å². The highest BCUT2D eigenvalue weighted by Gasteiger charge is 2.07. The molecule has 0 aliphatic heterocycles. The molecule has 0 saturated heterocycles. The van der Waals surface area contributed by atoms with E-state index in [0.717, 1.165) is 15.7 Å². The normalized spacial score (nSPS) is 10.2. The minimum absolute atomic E-state index is 0.0933. The number of para-hydroxylation sites is 1. The van der Waals surface area contributed by atoms with Gasteiger partial charge < -0.3 is 16.0 Å². The first-order chi connectivity index (χ1) is 12.0. The summed E-state index contributed by atoms with van der Waals surface area (Å²) in [5, 5.41) is 9.05. The second kappa shape index (κ2) is 9.44. The van der Waals surface area contributed by atoms with Crippen molar-refractivity contribution in [2.75, 3.05) is 23.7 Å². The first-order valence-corrected chi connectivity index (χ1v) is 8.94. The molecule has 0 aliphatic carbocycles. The summed E-state index contributed by atoms with van der Waals surface area (Å²) in [6, 6.07) is 12.9. The Balaban J connectivity index is 1.71. The molecule has 0 fully saturated rings. The number of anilines is 2. The molecule has 7 heteroatoms. The number of carbonyl (C=O) groups excluding carboxylic acids is 2. The van der Waals surface area contributed by atoms with Gasteiger partial charge in [0, 0.05) is 23.1 Å². The first-order valence-electron chi connectivity index (χ1n) is 7.77. The summed E-state index contributed by atoms with van der Waals surface area (Å²) in [5.74, 6) is -0.355. The van der Waals surface area contributed by atoms with E-state index in [9.17, 15) is 9.59 Å². The van der Waals surface area contributed by atoms with Crippen molar-refractivity contribution < 1.29 is 9.59 Å². The lowest BCUT2D eigenvalue weighted by molar-refractivity contribution is -0.119. The fourth-order valence-corrected chi connectivity index (χ4v) is 2.66. The largest absolute Gasteiger partial charge is 0.375 e. The molecule has 2 aromatic carbocycles. The maximum atomic E-state index is 12.0. The molecule has 2 amide bonds. The van der Waals surface area contributed by atoms with Gasteiger partial charge in [-0.05, 0) is 36.8 Å². The number of hydrogen-bond donors (Lipinski definition) is 3. The summed E-state index contributed by atoms with van der Waals surface area (Å²) in [4.78, 5) is 23.8. The molecule has 3 N–H and O–H groups in total. The Bertz CT molecular complexity index is 768. The zero-order valence-corrected chi connectivity index (χ0v) is 16.1. The van der Waals surface area contributed by atoms with Crippen LogP contribution >= 0.6 is 27.5 Å². The fourth-order valence-electron chi connectivity index (χ4n) is 2.10. The van der Waals surface area contributed by atoms with E-state index in [4.69, 9.17) is 11.6 Å². The summed E-state index contributed by atoms with van der Waals surface area (Å²) in [6.45, 7) is 2.28. The van der Waals surface area contributed by atoms with Crippen LogP contribution < -0.4 is 16.0 Å². The topological polar surface area (TPSA) is 70.2 Å². The van der Waals surface area contributed by atoms with Gasteiger partial charge in [0.1, 0.15) is 0 Å². The summed E-state index contributed by atoms with van der Waals surface area (Å²) in [5.41, 5.74) is 2.43. The smallest absolute Gasteiger partial charge is 0.239 e. The van der Waals surface area contributed by atoms with Crippen LogP contribution in [0.4, 0.5) is 11.4 Å². The lowest BCUT2D eigenvalue weighted by atomic mass is 10.2. The second-order valence-corrected chi connectivity index (χ2v) is 6.76. The zero-order chi connectivity index (χ0) is 18.2. The number of hydrogen-bond acceptors (Lipinski definition) is 3. The summed E-state index contributed by atoms with van der Waals surface area (Å²) >= 11 is 9.38.